The summed E-state index contributed by atoms with van der Waals surface area (Å²) in [7, 11) is -3.74. The Morgan fingerprint density at radius 3 is 2.50 bits per heavy atom. The van der Waals surface area contributed by atoms with Crippen LogP contribution in [0, 0.1) is 0 Å². The molecule has 0 unspecified atom stereocenters. The van der Waals surface area contributed by atoms with Gasteiger partial charge >= 0.3 is 0 Å². The summed E-state index contributed by atoms with van der Waals surface area (Å²) >= 11 is 3.83. The number of carbonyl (C=O) groups excluding carboxylic acids is 1. The number of anilines is 1. The molecule has 1 saturated heterocycles. The van der Waals surface area contributed by atoms with Gasteiger partial charge in [-0.3, -0.25) is 4.79 Å². The first-order valence-corrected chi connectivity index (χ1v) is 12.9. The average molecular weight is 461 g/mol. The number of sulfonamides is 1. The number of carbonyl (C=O) groups is 1. The summed E-state index contributed by atoms with van der Waals surface area (Å²) in [4.78, 5) is 12.7. The number of benzene rings is 2. The molecule has 0 aliphatic carbocycles. The van der Waals surface area contributed by atoms with E-state index in [-0.39, 0.29) is 17.3 Å². The fourth-order valence-corrected chi connectivity index (χ4v) is 6.85. The van der Waals surface area contributed by atoms with Crippen molar-refractivity contribution in [2.75, 3.05) is 16.8 Å². The van der Waals surface area contributed by atoms with E-state index in [4.69, 9.17) is 4.42 Å². The topological polar surface area (TPSA) is 88.4 Å². The Kier molecular flexibility index (Phi) is 6.52. The van der Waals surface area contributed by atoms with Crippen LogP contribution in [0.5, 0.6) is 0 Å². The predicted molar refractivity (Wildman–Crippen MR) is 121 cm³/mol. The predicted octanol–water partition coefficient (Wildman–Crippen LogP) is 4.49. The van der Waals surface area contributed by atoms with Gasteiger partial charge in [-0.1, -0.05) is 18.2 Å². The Morgan fingerprint density at radius 2 is 1.80 bits per heavy atom. The summed E-state index contributed by atoms with van der Waals surface area (Å²) < 4.78 is 33.1. The van der Waals surface area contributed by atoms with E-state index in [0.29, 0.717) is 21.6 Å². The molecule has 6 nitrogen and oxygen atoms in total. The molecular weight excluding hydrogens is 440 g/mol. The number of nitrogens with one attached hydrogen (secondary N) is 2. The third kappa shape index (κ3) is 5.10. The molecule has 3 aromatic rings. The van der Waals surface area contributed by atoms with E-state index in [1.54, 1.807) is 36.4 Å². The number of amides is 1. The highest BCUT2D eigenvalue weighted by atomic mass is 32.2. The van der Waals surface area contributed by atoms with Gasteiger partial charge in [-0.15, -0.1) is 23.5 Å². The molecule has 156 valence electrons. The number of rotatable bonds is 7. The number of hydrogen-bond donors (Lipinski definition) is 2. The van der Waals surface area contributed by atoms with Crippen molar-refractivity contribution in [3.8, 4) is 0 Å². The van der Waals surface area contributed by atoms with Crippen LogP contribution in [0.1, 0.15) is 26.3 Å². The summed E-state index contributed by atoms with van der Waals surface area (Å²) in [5.41, 5.74) is 2.14. The molecule has 0 saturated carbocycles. The zero-order chi connectivity index (χ0) is 21.0. The first-order valence-electron chi connectivity index (χ1n) is 9.28. The molecule has 9 heteroatoms. The molecule has 30 heavy (non-hydrogen) atoms. The Bertz CT molecular complexity index is 1110. The highest BCUT2D eigenvalue weighted by Gasteiger charge is 2.19. The Morgan fingerprint density at radius 1 is 1.03 bits per heavy atom. The van der Waals surface area contributed by atoms with Gasteiger partial charge in [-0.05, 0) is 48.0 Å². The summed E-state index contributed by atoms with van der Waals surface area (Å²) in [5, 5.41) is 2.77. The molecule has 4 rings (SSSR count). The second-order valence-electron chi connectivity index (χ2n) is 6.58. The minimum Gasteiger partial charge on any atom is -0.468 e. The lowest BCUT2D eigenvalue weighted by Gasteiger charge is -2.11. The fraction of sp³-hybridized carbons (Fsp3) is 0.190. The SMILES string of the molecule is O=C(Nc1cccc(S(=O)(=O)NCc2ccco2)c1)c1ccc(C2SCCS2)cc1. The fourth-order valence-electron chi connectivity index (χ4n) is 2.95. The smallest absolute Gasteiger partial charge is 0.255 e. The molecule has 2 N–H and O–H groups in total. The second-order valence-corrected chi connectivity index (χ2v) is 11.1. The lowest BCUT2D eigenvalue weighted by molar-refractivity contribution is 0.102. The molecule has 0 spiro atoms. The molecule has 2 heterocycles. The first kappa shape index (κ1) is 21.0. The van der Waals surface area contributed by atoms with Crippen LogP contribution in [-0.4, -0.2) is 25.8 Å². The van der Waals surface area contributed by atoms with E-state index < -0.39 is 10.0 Å². The molecule has 1 aliphatic rings. The molecule has 2 aromatic carbocycles. The molecule has 0 radical (unpaired) electrons. The van der Waals surface area contributed by atoms with Gasteiger partial charge in [-0.2, -0.15) is 0 Å². The monoisotopic (exact) mass is 460 g/mol. The highest BCUT2D eigenvalue weighted by Crippen LogP contribution is 2.45. The van der Waals surface area contributed by atoms with Crippen LogP contribution in [0.15, 0.2) is 76.2 Å². The standard InChI is InChI=1S/C21H20N2O4S3/c24-20(15-6-8-16(9-7-15)21-28-11-12-29-21)23-17-3-1-5-19(13-17)30(25,26)22-14-18-4-2-10-27-18/h1-10,13,21-22H,11-12,14H2,(H,23,24). The average Bonchev–Trinajstić information content (AvgIpc) is 3.47. The van der Waals surface area contributed by atoms with Crippen LogP contribution in [0.25, 0.3) is 0 Å². The number of hydrogen-bond acceptors (Lipinski definition) is 6. The molecule has 1 aliphatic heterocycles. The van der Waals surface area contributed by atoms with Crippen LogP contribution in [0.2, 0.25) is 0 Å². The summed E-state index contributed by atoms with van der Waals surface area (Å²) in [5.74, 6) is 2.52. The van der Waals surface area contributed by atoms with Gasteiger partial charge in [0.15, 0.2) is 0 Å². The van der Waals surface area contributed by atoms with Crippen LogP contribution >= 0.6 is 23.5 Å². The van der Waals surface area contributed by atoms with E-state index >= 15 is 0 Å². The van der Waals surface area contributed by atoms with Gasteiger partial charge in [-0.25, -0.2) is 13.1 Å². The summed E-state index contributed by atoms with van der Waals surface area (Å²) in [6.45, 7) is 0.0514. The van der Waals surface area contributed by atoms with E-state index in [2.05, 4.69) is 10.0 Å². The molecule has 0 atom stereocenters. The normalized spacial score (nSPS) is 14.7. The Hall–Kier alpha value is -2.20. The van der Waals surface area contributed by atoms with Crippen molar-refractivity contribution in [3.63, 3.8) is 0 Å². The third-order valence-electron chi connectivity index (χ3n) is 4.49. The first-order chi connectivity index (χ1) is 14.5. The van der Waals surface area contributed by atoms with E-state index in [1.165, 1.54) is 24.0 Å². The van der Waals surface area contributed by atoms with E-state index in [9.17, 15) is 13.2 Å². The lowest BCUT2D eigenvalue weighted by Crippen LogP contribution is -2.23. The zero-order valence-electron chi connectivity index (χ0n) is 15.9. The lowest BCUT2D eigenvalue weighted by atomic mass is 10.1. The van der Waals surface area contributed by atoms with Crippen LogP contribution in [0.4, 0.5) is 5.69 Å². The van der Waals surface area contributed by atoms with Crippen molar-refractivity contribution < 1.29 is 17.6 Å². The maximum atomic E-state index is 12.6. The van der Waals surface area contributed by atoms with Gasteiger partial charge in [0.25, 0.3) is 5.91 Å². The minimum absolute atomic E-state index is 0.0514. The van der Waals surface area contributed by atoms with Crippen molar-refractivity contribution in [1.29, 1.82) is 0 Å². The zero-order valence-corrected chi connectivity index (χ0v) is 18.4. The maximum Gasteiger partial charge on any atom is 0.255 e. The van der Waals surface area contributed by atoms with Gasteiger partial charge in [0.05, 0.1) is 22.3 Å². The van der Waals surface area contributed by atoms with Gasteiger partial charge in [0.2, 0.25) is 10.0 Å². The highest BCUT2D eigenvalue weighted by molar-refractivity contribution is 8.19. The molecule has 1 fully saturated rings. The second kappa shape index (κ2) is 9.30. The van der Waals surface area contributed by atoms with Gasteiger partial charge in [0.1, 0.15) is 5.76 Å². The number of thioether (sulfide) groups is 2. The molecule has 1 aromatic heterocycles. The Labute approximate surface area is 183 Å². The van der Waals surface area contributed by atoms with Crippen molar-refractivity contribution >= 4 is 45.1 Å². The van der Waals surface area contributed by atoms with Crippen LogP contribution < -0.4 is 10.0 Å². The van der Waals surface area contributed by atoms with Crippen molar-refractivity contribution in [3.05, 3.63) is 83.8 Å². The van der Waals surface area contributed by atoms with Gasteiger partial charge in [0, 0.05) is 22.8 Å². The quantitative estimate of drug-likeness (QED) is 0.540. The van der Waals surface area contributed by atoms with Crippen LogP contribution in [0.3, 0.4) is 0 Å². The van der Waals surface area contributed by atoms with Gasteiger partial charge < -0.3 is 9.73 Å². The third-order valence-corrected chi connectivity index (χ3v) is 8.99. The van der Waals surface area contributed by atoms with Crippen molar-refractivity contribution in [2.24, 2.45) is 0 Å². The Balaban J connectivity index is 1.42. The largest absolute Gasteiger partial charge is 0.468 e. The summed E-state index contributed by atoms with van der Waals surface area (Å²) in [6, 6.07) is 17.1. The van der Waals surface area contributed by atoms with Crippen molar-refractivity contribution in [2.45, 2.75) is 16.0 Å². The molecule has 0 bridgehead atoms. The van der Waals surface area contributed by atoms with E-state index in [1.807, 2.05) is 35.7 Å². The van der Waals surface area contributed by atoms with E-state index in [0.717, 1.165) is 11.5 Å². The van der Waals surface area contributed by atoms with Crippen LogP contribution in [-0.2, 0) is 16.6 Å². The number of furan rings is 1. The maximum absolute atomic E-state index is 12.6. The molecular formula is C21H20N2O4S3. The summed E-state index contributed by atoms with van der Waals surface area (Å²) in [6.07, 6.45) is 1.48. The van der Waals surface area contributed by atoms with Crippen molar-refractivity contribution in [1.82, 2.24) is 4.72 Å². The molecule has 1 amide bonds. The minimum atomic E-state index is -3.74.